The molecular weight excluding hydrogens is 312 g/mol. The summed E-state index contributed by atoms with van der Waals surface area (Å²) in [6, 6.07) is 18.4. The van der Waals surface area contributed by atoms with E-state index in [1.165, 1.54) is 11.1 Å². The highest BCUT2D eigenvalue weighted by Crippen LogP contribution is 2.27. The topological polar surface area (TPSA) is 75.4 Å². The average Bonchev–Trinajstić information content (AvgIpc) is 3.03. The SMILES string of the molecule is NC1=NCc2[nH]cc(Cc3cccc(OCc4ccccc4)c3)c2N1. The summed E-state index contributed by atoms with van der Waals surface area (Å²) in [7, 11) is 0. The lowest BCUT2D eigenvalue weighted by molar-refractivity contribution is 0.306. The van der Waals surface area contributed by atoms with Crippen LogP contribution < -0.4 is 15.8 Å². The van der Waals surface area contributed by atoms with E-state index in [2.05, 4.69) is 39.6 Å². The van der Waals surface area contributed by atoms with Crippen LogP contribution in [-0.4, -0.2) is 10.9 Å². The smallest absolute Gasteiger partial charge is 0.193 e. The van der Waals surface area contributed by atoms with Crippen molar-refractivity contribution in [3.8, 4) is 5.75 Å². The van der Waals surface area contributed by atoms with E-state index in [9.17, 15) is 0 Å². The van der Waals surface area contributed by atoms with E-state index in [4.69, 9.17) is 10.5 Å². The van der Waals surface area contributed by atoms with Gasteiger partial charge >= 0.3 is 0 Å². The molecule has 4 N–H and O–H groups in total. The summed E-state index contributed by atoms with van der Waals surface area (Å²) >= 11 is 0. The molecule has 0 spiro atoms. The van der Waals surface area contributed by atoms with Gasteiger partial charge in [0.05, 0.1) is 17.9 Å². The zero-order valence-corrected chi connectivity index (χ0v) is 13.8. The second-order valence-corrected chi connectivity index (χ2v) is 6.09. The first-order valence-corrected chi connectivity index (χ1v) is 8.29. The van der Waals surface area contributed by atoms with E-state index >= 15 is 0 Å². The minimum Gasteiger partial charge on any atom is -0.489 e. The van der Waals surface area contributed by atoms with Crippen LogP contribution in [0.25, 0.3) is 0 Å². The molecule has 0 amide bonds. The second kappa shape index (κ2) is 6.73. The van der Waals surface area contributed by atoms with Crippen LogP contribution in [-0.2, 0) is 19.6 Å². The molecule has 1 aliphatic heterocycles. The number of nitrogens with one attached hydrogen (secondary N) is 2. The third-order valence-electron chi connectivity index (χ3n) is 4.25. The first-order valence-electron chi connectivity index (χ1n) is 8.29. The molecule has 4 rings (SSSR count). The Balaban J connectivity index is 1.47. The Morgan fingerprint density at radius 1 is 1.04 bits per heavy atom. The maximum Gasteiger partial charge on any atom is 0.193 e. The van der Waals surface area contributed by atoms with Crippen molar-refractivity contribution in [1.29, 1.82) is 0 Å². The van der Waals surface area contributed by atoms with E-state index in [1.54, 1.807) is 0 Å². The zero-order chi connectivity index (χ0) is 17.1. The average molecular weight is 332 g/mol. The Labute approximate surface area is 146 Å². The van der Waals surface area contributed by atoms with E-state index < -0.39 is 0 Å². The standard InChI is InChI=1S/C20H20N4O/c21-20-23-12-18-19(24-20)16(11-22-18)9-15-7-4-8-17(10-15)25-13-14-5-2-1-3-6-14/h1-8,10-11,22H,9,12-13H2,(H3,21,23,24). The zero-order valence-electron chi connectivity index (χ0n) is 13.8. The molecule has 0 saturated carbocycles. The normalized spacial score (nSPS) is 12.9. The quantitative estimate of drug-likeness (QED) is 0.670. The molecule has 0 bridgehead atoms. The van der Waals surface area contributed by atoms with Gasteiger partial charge in [-0.05, 0) is 28.8 Å². The van der Waals surface area contributed by atoms with Crippen molar-refractivity contribution >= 4 is 11.6 Å². The molecule has 5 heteroatoms. The van der Waals surface area contributed by atoms with Crippen LogP contribution in [0.15, 0.2) is 65.8 Å². The minimum atomic E-state index is 0.466. The number of nitrogens with two attached hydrogens (primary N) is 1. The van der Waals surface area contributed by atoms with Crippen molar-refractivity contribution in [3.05, 3.63) is 83.2 Å². The van der Waals surface area contributed by atoms with Crippen LogP contribution in [0.3, 0.4) is 0 Å². The lowest BCUT2D eigenvalue weighted by Gasteiger charge is -2.14. The molecule has 1 aliphatic rings. The fraction of sp³-hybridized carbons (Fsp3) is 0.150. The highest BCUT2D eigenvalue weighted by Gasteiger charge is 2.16. The van der Waals surface area contributed by atoms with Crippen molar-refractivity contribution in [2.75, 3.05) is 5.32 Å². The Hall–Kier alpha value is -3.21. The first-order chi connectivity index (χ1) is 12.3. The molecule has 2 aromatic carbocycles. The number of ether oxygens (including phenoxy) is 1. The number of rotatable bonds is 5. The van der Waals surface area contributed by atoms with Crippen molar-refractivity contribution in [2.45, 2.75) is 19.6 Å². The monoisotopic (exact) mass is 332 g/mol. The van der Waals surface area contributed by atoms with Gasteiger partial charge in [-0.15, -0.1) is 0 Å². The van der Waals surface area contributed by atoms with Crippen molar-refractivity contribution in [2.24, 2.45) is 10.7 Å². The fourth-order valence-electron chi connectivity index (χ4n) is 2.97. The number of anilines is 1. The Kier molecular flexibility index (Phi) is 4.12. The molecule has 0 radical (unpaired) electrons. The Morgan fingerprint density at radius 3 is 2.76 bits per heavy atom. The summed E-state index contributed by atoms with van der Waals surface area (Å²) in [5, 5.41) is 3.16. The van der Waals surface area contributed by atoms with Gasteiger partial charge in [0.1, 0.15) is 12.4 Å². The molecule has 0 atom stereocenters. The van der Waals surface area contributed by atoms with Crippen LogP contribution in [0.4, 0.5) is 5.69 Å². The van der Waals surface area contributed by atoms with Gasteiger partial charge in [0.15, 0.2) is 5.96 Å². The first kappa shape index (κ1) is 15.3. The number of guanidine groups is 1. The number of nitrogens with zero attached hydrogens (tertiary/aromatic N) is 1. The predicted molar refractivity (Wildman–Crippen MR) is 99.8 cm³/mol. The molecular formula is C20H20N4O. The molecule has 2 heterocycles. The molecule has 1 aromatic heterocycles. The summed E-state index contributed by atoms with van der Waals surface area (Å²) in [4.78, 5) is 7.46. The van der Waals surface area contributed by atoms with Gasteiger partial charge in [0.2, 0.25) is 0 Å². The van der Waals surface area contributed by atoms with Crippen molar-refractivity contribution in [1.82, 2.24) is 4.98 Å². The summed E-state index contributed by atoms with van der Waals surface area (Å²) in [6.45, 7) is 1.16. The van der Waals surface area contributed by atoms with Gasteiger partial charge in [0, 0.05) is 12.6 Å². The summed E-state index contributed by atoms with van der Waals surface area (Å²) in [5.41, 5.74) is 11.4. The number of hydrogen-bond acceptors (Lipinski definition) is 4. The van der Waals surface area contributed by atoms with Gasteiger partial charge in [-0.2, -0.15) is 0 Å². The van der Waals surface area contributed by atoms with Crippen LogP contribution in [0.2, 0.25) is 0 Å². The van der Waals surface area contributed by atoms with Crippen LogP contribution in [0, 0.1) is 0 Å². The summed E-state index contributed by atoms with van der Waals surface area (Å²) in [5.74, 6) is 1.34. The number of benzene rings is 2. The number of aromatic amines is 1. The number of hydrogen-bond donors (Lipinski definition) is 3. The van der Waals surface area contributed by atoms with Crippen molar-refractivity contribution in [3.63, 3.8) is 0 Å². The van der Waals surface area contributed by atoms with Gasteiger partial charge in [-0.3, -0.25) is 0 Å². The second-order valence-electron chi connectivity index (χ2n) is 6.09. The van der Waals surface area contributed by atoms with Gasteiger partial charge in [0.25, 0.3) is 0 Å². The molecule has 5 nitrogen and oxygen atoms in total. The molecule has 0 saturated heterocycles. The molecule has 3 aromatic rings. The highest BCUT2D eigenvalue weighted by molar-refractivity contribution is 5.95. The predicted octanol–water partition coefficient (Wildman–Crippen LogP) is 3.42. The minimum absolute atomic E-state index is 0.466. The number of aliphatic imine (C=N–C) groups is 1. The highest BCUT2D eigenvalue weighted by atomic mass is 16.5. The Bertz CT molecular complexity index is 899. The summed E-state index contributed by atoms with van der Waals surface area (Å²) < 4.78 is 5.92. The third-order valence-corrected chi connectivity index (χ3v) is 4.25. The van der Waals surface area contributed by atoms with Crippen LogP contribution in [0.1, 0.15) is 22.4 Å². The number of aromatic nitrogens is 1. The van der Waals surface area contributed by atoms with Gasteiger partial charge in [-0.25, -0.2) is 4.99 Å². The molecule has 25 heavy (non-hydrogen) atoms. The van der Waals surface area contributed by atoms with Crippen LogP contribution >= 0.6 is 0 Å². The lowest BCUT2D eigenvalue weighted by atomic mass is 10.1. The van der Waals surface area contributed by atoms with Crippen LogP contribution in [0.5, 0.6) is 5.75 Å². The molecule has 0 fully saturated rings. The Morgan fingerprint density at radius 2 is 1.88 bits per heavy atom. The molecule has 126 valence electrons. The largest absolute Gasteiger partial charge is 0.489 e. The lowest BCUT2D eigenvalue weighted by Crippen LogP contribution is -2.26. The van der Waals surface area contributed by atoms with Gasteiger partial charge < -0.3 is 20.8 Å². The van der Waals surface area contributed by atoms with E-state index in [1.807, 2.05) is 36.5 Å². The molecule has 0 aliphatic carbocycles. The van der Waals surface area contributed by atoms with E-state index in [-0.39, 0.29) is 0 Å². The maximum atomic E-state index is 5.92. The van der Waals surface area contributed by atoms with E-state index in [0.717, 1.165) is 29.1 Å². The summed E-state index contributed by atoms with van der Waals surface area (Å²) in [6.07, 6.45) is 2.82. The number of fused-ring (bicyclic) bond motifs is 1. The van der Waals surface area contributed by atoms with Crippen molar-refractivity contribution < 1.29 is 4.74 Å². The maximum absolute atomic E-state index is 5.92. The third kappa shape index (κ3) is 3.50. The van der Waals surface area contributed by atoms with E-state index in [0.29, 0.717) is 19.1 Å². The molecule has 0 unspecified atom stereocenters. The number of H-pyrrole nitrogens is 1. The van der Waals surface area contributed by atoms with Gasteiger partial charge in [-0.1, -0.05) is 42.5 Å². The fourth-order valence-corrected chi connectivity index (χ4v) is 2.97.